The highest BCUT2D eigenvalue weighted by Gasteiger charge is 1.90. The van der Waals surface area contributed by atoms with Crippen molar-refractivity contribution in [2.45, 2.75) is 26.2 Å². The molecule has 1 N–H and O–H groups in total. The number of rotatable bonds is 8. The van der Waals surface area contributed by atoms with Gasteiger partial charge in [-0.1, -0.05) is 19.1 Å². The van der Waals surface area contributed by atoms with Crippen molar-refractivity contribution in [3.63, 3.8) is 0 Å². The lowest BCUT2D eigenvalue weighted by Crippen LogP contribution is -2.18. The van der Waals surface area contributed by atoms with Crippen LogP contribution in [0.3, 0.4) is 0 Å². The molecule has 0 aliphatic heterocycles. The van der Waals surface area contributed by atoms with E-state index in [1.807, 2.05) is 0 Å². The van der Waals surface area contributed by atoms with Crippen LogP contribution in [0.5, 0.6) is 0 Å². The van der Waals surface area contributed by atoms with Crippen LogP contribution in [0.1, 0.15) is 26.2 Å². The Morgan fingerprint density at radius 1 is 1.42 bits per heavy atom. The third-order valence-corrected chi connectivity index (χ3v) is 1.83. The molecule has 0 saturated carbocycles. The minimum Gasteiger partial charge on any atom is -0.385 e. The van der Waals surface area contributed by atoms with E-state index < -0.39 is 0 Å². The highest BCUT2D eigenvalue weighted by molar-refractivity contribution is 4.94. The van der Waals surface area contributed by atoms with Gasteiger partial charge in [0, 0.05) is 20.3 Å². The molecule has 0 fully saturated rings. The molecule has 0 rings (SSSR count). The Morgan fingerprint density at radius 2 is 2.17 bits per heavy atom. The van der Waals surface area contributed by atoms with Crippen molar-refractivity contribution < 1.29 is 4.74 Å². The summed E-state index contributed by atoms with van der Waals surface area (Å²) in [6, 6.07) is 0. The van der Waals surface area contributed by atoms with E-state index >= 15 is 0 Å². The Kier molecular flexibility index (Phi) is 8.51. The summed E-state index contributed by atoms with van der Waals surface area (Å²) in [5, 5.41) is 3.34. The van der Waals surface area contributed by atoms with Gasteiger partial charge in [0.15, 0.2) is 0 Å². The monoisotopic (exact) mass is 171 g/mol. The van der Waals surface area contributed by atoms with Gasteiger partial charge in [-0.3, -0.25) is 0 Å². The van der Waals surface area contributed by atoms with Crippen molar-refractivity contribution in [1.29, 1.82) is 0 Å². The predicted molar refractivity (Wildman–Crippen MR) is 53.4 cm³/mol. The number of hydrogen-bond donors (Lipinski definition) is 1. The van der Waals surface area contributed by atoms with Crippen LogP contribution in [0.15, 0.2) is 12.2 Å². The van der Waals surface area contributed by atoms with Gasteiger partial charge < -0.3 is 10.1 Å². The molecule has 0 radical (unpaired) electrons. The SMILES string of the molecule is C=C(CC)CNCCCCOC. The first-order valence-corrected chi connectivity index (χ1v) is 4.67. The van der Waals surface area contributed by atoms with Crippen molar-refractivity contribution in [2.75, 3.05) is 26.8 Å². The normalized spacial score (nSPS) is 10.2. The van der Waals surface area contributed by atoms with Crippen LogP contribution < -0.4 is 5.32 Å². The summed E-state index contributed by atoms with van der Waals surface area (Å²) in [5.41, 5.74) is 1.28. The predicted octanol–water partition coefficient (Wildman–Crippen LogP) is 1.97. The van der Waals surface area contributed by atoms with Crippen molar-refractivity contribution in [2.24, 2.45) is 0 Å². The number of ether oxygens (including phenoxy) is 1. The molecule has 2 nitrogen and oxygen atoms in total. The minimum absolute atomic E-state index is 0.871. The van der Waals surface area contributed by atoms with Gasteiger partial charge in [-0.15, -0.1) is 0 Å². The van der Waals surface area contributed by atoms with Gasteiger partial charge in [0.25, 0.3) is 0 Å². The average Bonchev–Trinajstić information content (AvgIpc) is 2.10. The Hall–Kier alpha value is -0.340. The van der Waals surface area contributed by atoms with E-state index in [-0.39, 0.29) is 0 Å². The molecule has 0 aromatic heterocycles. The van der Waals surface area contributed by atoms with Crippen molar-refractivity contribution in [3.8, 4) is 0 Å². The van der Waals surface area contributed by atoms with Crippen molar-refractivity contribution in [3.05, 3.63) is 12.2 Å². The van der Waals surface area contributed by atoms with Crippen LogP contribution >= 0.6 is 0 Å². The Balaban J connectivity index is 2.95. The van der Waals surface area contributed by atoms with Gasteiger partial charge in [0.2, 0.25) is 0 Å². The summed E-state index contributed by atoms with van der Waals surface area (Å²) in [7, 11) is 1.74. The second-order valence-corrected chi connectivity index (χ2v) is 2.98. The molecule has 0 bridgehead atoms. The topological polar surface area (TPSA) is 21.3 Å². The largest absolute Gasteiger partial charge is 0.385 e. The highest BCUT2D eigenvalue weighted by Crippen LogP contribution is 1.93. The summed E-state index contributed by atoms with van der Waals surface area (Å²) in [6.07, 6.45) is 3.40. The molecule has 0 saturated heterocycles. The maximum Gasteiger partial charge on any atom is 0.0462 e. The molecule has 0 heterocycles. The average molecular weight is 171 g/mol. The Bertz CT molecular complexity index is 112. The molecule has 0 amide bonds. The van der Waals surface area contributed by atoms with Gasteiger partial charge in [0.1, 0.15) is 0 Å². The standard InChI is InChI=1S/C10H21NO/c1-4-10(2)9-11-7-5-6-8-12-3/h11H,2,4-9H2,1,3H3. The molecule has 0 spiro atoms. The molecule has 72 valence electrons. The fourth-order valence-corrected chi connectivity index (χ4v) is 0.887. The first-order valence-electron chi connectivity index (χ1n) is 4.67. The maximum atomic E-state index is 4.95. The summed E-state index contributed by atoms with van der Waals surface area (Å²) in [4.78, 5) is 0. The first kappa shape index (κ1) is 11.7. The second kappa shape index (κ2) is 8.75. The molecule has 0 aliphatic rings. The van der Waals surface area contributed by atoms with Crippen LogP contribution in [0.25, 0.3) is 0 Å². The van der Waals surface area contributed by atoms with Gasteiger partial charge in [-0.05, 0) is 25.8 Å². The summed E-state index contributed by atoms with van der Waals surface area (Å²) in [5.74, 6) is 0. The summed E-state index contributed by atoms with van der Waals surface area (Å²) >= 11 is 0. The van der Waals surface area contributed by atoms with Crippen LogP contribution in [-0.4, -0.2) is 26.8 Å². The quantitative estimate of drug-likeness (QED) is 0.445. The lowest BCUT2D eigenvalue weighted by molar-refractivity contribution is 0.192. The zero-order chi connectivity index (χ0) is 9.23. The molecule has 0 aliphatic carbocycles. The Morgan fingerprint density at radius 3 is 2.75 bits per heavy atom. The Labute approximate surface area is 76.0 Å². The van der Waals surface area contributed by atoms with Gasteiger partial charge in [0.05, 0.1) is 0 Å². The van der Waals surface area contributed by atoms with Crippen LogP contribution in [0.4, 0.5) is 0 Å². The lowest BCUT2D eigenvalue weighted by Gasteiger charge is -2.04. The third-order valence-electron chi connectivity index (χ3n) is 1.83. The summed E-state index contributed by atoms with van der Waals surface area (Å²) < 4.78 is 4.95. The fourth-order valence-electron chi connectivity index (χ4n) is 0.887. The first-order chi connectivity index (χ1) is 5.81. The van der Waals surface area contributed by atoms with E-state index in [1.54, 1.807) is 7.11 Å². The molecule has 12 heavy (non-hydrogen) atoms. The number of hydrogen-bond acceptors (Lipinski definition) is 2. The van der Waals surface area contributed by atoms with E-state index in [1.165, 1.54) is 12.0 Å². The molecular weight excluding hydrogens is 150 g/mol. The molecule has 0 atom stereocenters. The van der Waals surface area contributed by atoms with Crippen LogP contribution in [0, 0.1) is 0 Å². The third kappa shape index (κ3) is 7.76. The maximum absolute atomic E-state index is 4.95. The van der Waals surface area contributed by atoms with E-state index in [2.05, 4.69) is 18.8 Å². The molecule has 0 aromatic carbocycles. The zero-order valence-corrected chi connectivity index (χ0v) is 8.36. The van der Waals surface area contributed by atoms with E-state index in [9.17, 15) is 0 Å². The number of methoxy groups -OCH3 is 1. The molecular formula is C10H21NO. The van der Waals surface area contributed by atoms with Gasteiger partial charge >= 0.3 is 0 Å². The zero-order valence-electron chi connectivity index (χ0n) is 8.36. The van der Waals surface area contributed by atoms with Crippen LogP contribution in [-0.2, 0) is 4.74 Å². The van der Waals surface area contributed by atoms with E-state index in [4.69, 9.17) is 4.74 Å². The fraction of sp³-hybridized carbons (Fsp3) is 0.800. The van der Waals surface area contributed by atoms with Crippen molar-refractivity contribution in [1.82, 2.24) is 5.32 Å². The van der Waals surface area contributed by atoms with Gasteiger partial charge in [-0.2, -0.15) is 0 Å². The van der Waals surface area contributed by atoms with Gasteiger partial charge in [-0.25, -0.2) is 0 Å². The molecule has 0 unspecified atom stereocenters. The van der Waals surface area contributed by atoms with E-state index in [0.717, 1.165) is 32.5 Å². The second-order valence-electron chi connectivity index (χ2n) is 2.98. The highest BCUT2D eigenvalue weighted by atomic mass is 16.5. The number of unbranched alkanes of at least 4 members (excludes halogenated alkanes) is 1. The van der Waals surface area contributed by atoms with Crippen molar-refractivity contribution >= 4 is 0 Å². The smallest absolute Gasteiger partial charge is 0.0462 e. The lowest BCUT2D eigenvalue weighted by atomic mass is 10.2. The van der Waals surface area contributed by atoms with E-state index in [0.29, 0.717) is 0 Å². The minimum atomic E-state index is 0.871. The molecule has 2 heteroatoms. The van der Waals surface area contributed by atoms with Crippen LogP contribution in [0.2, 0.25) is 0 Å². The summed E-state index contributed by atoms with van der Waals surface area (Å²) in [6.45, 7) is 8.96. The molecule has 0 aromatic rings. The number of nitrogens with one attached hydrogen (secondary N) is 1.